The number of aliphatic hydroxyl groups is 1. The summed E-state index contributed by atoms with van der Waals surface area (Å²) < 4.78 is 11.5. The number of Topliss-reactive ketones (excluding diaryl/α,β-unsaturated/α-hetero) is 1. The van der Waals surface area contributed by atoms with Crippen molar-refractivity contribution in [1.82, 2.24) is 0 Å². The number of amides is 1. The number of anilines is 1. The van der Waals surface area contributed by atoms with Gasteiger partial charge in [-0.05, 0) is 93.8 Å². The number of aryl methyl sites for hydroxylation is 2. The van der Waals surface area contributed by atoms with E-state index in [0.717, 1.165) is 11.1 Å². The maximum Gasteiger partial charge on any atom is 0.300 e. The number of rotatable bonds is 7. The quantitative estimate of drug-likeness (QED) is 0.212. The molecule has 0 aromatic heterocycles. The molecular formula is C30H30ClNO5. The molecule has 192 valence electrons. The number of benzene rings is 3. The summed E-state index contributed by atoms with van der Waals surface area (Å²) in [7, 11) is 0. The zero-order valence-electron chi connectivity index (χ0n) is 21.5. The Bertz CT molecular complexity index is 1390. The molecule has 0 radical (unpaired) electrons. The second-order valence-electron chi connectivity index (χ2n) is 9.25. The summed E-state index contributed by atoms with van der Waals surface area (Å²) in [5.41, 5.74) is 3.37. The van der Waals surface area contributed by atoms with Crippen LogP contribution in [0.25, 0.3) is 5.76 Å². The molecule has 4 rings (SSSR count). The smallest absolute Gasteiger partial charge is 0.300 e. The van der Waals surface area contributed by atoms with Crippen LogP contribution in [-0.2, 0) is 9.59 Å². The van der Waals surface area contributed by atoms with E-state index in [1.54, 1.807) is 36.4 Å². The van der Waals surface area contributed by atoms with Gasteiger partial charge in [-0.25, -0.2) is 0 Å². The Kier molecular flexibility index (Phi) is 7.60. The summed E-state index contributed by atoms with van der Waals surface area (Å²) in [6.07, 6.45) is -0.0681. The Morgan fingerprint density at radius 3 is 2.43 bits per heavy atom. The molecule has 3 aromatic carbocycles. The molecule has 1 atom stereocenters. The summed E-state index contributed by atoms with van der Waals surface area (Å²) in [5, 5.41) is 11.7. The van der Waals surface area contributed by atoms with Crippen molar-refractivity contribution in [2.45, 2.75) is 46.8 Å². The monoisotopic (exact) mass is 519 g/mol. The predicted octanol–water partition coefficient (Wildman–Crippen LogP) is 6.77. The minimum Gasteiger partial charge on any atom is -0.507 e. The normalized spacial score (nSPS) is 16.9. The highest BCUT2D eigenvalue weighted by atomic mass is 35.5. The van der Waals surface area contributed by atoms with E-state index in [-0.39, 0.29) is 28.0 Å². The number of carbonyl (C=O) groups is 2. The SMILES string of the molecule is CCOc1ccc(Cl)c(/C(O)=C2\C(=O)C(=O)N(c3ccc(C)c(C)c3)C2c2cccc(OC(C)C)c2)c1. The van der Waals surface area contributed by atoms with Crippen LogP contribution < -0.4 is 14.4 Å². The molecule has 1 aliphatic heterocycles. The van der Waals surface area contributed by atoms with E-state index in [1.807, 2.05) is 58.9 Å². The van der Waals surface area contributed by atoms with Crippen LogP contribution in [-0.4, -0.2) is 29.5 Å². The number of aliphatic hydroxyl groups excluding tert-OH is 1. The van der Waals surface area contributed by atoms with E-state index in [1.165, 1.54) is 4.90 Å². The van der Waals surface area contributed by atoms with Gasteiger partial charge in [0.2, 0.25) is 0 Å². The van der Waals surface area contributed by atoms with Crippen LogP contribution >= 0.6 is 11.6 Å². The first-order valence-electron chi connectivity index (χ1n) is 12.2. The van der Waals surface area contributed by atoms with Crippen LogP contribution in [0.1, 0.15) is 49.1 Å². The second kappa shape index (κ2) is 10.7. The molecule has 1 N–H and O–H groups in total. The third-order valence-corrected chi connectivity index (χ3v) is 6.59. The first kappa shape index (κ1) is 26.3. The summed E-state index contributed by atoms with van der Waals surface area (Å²) in [6, 6.07) is 16.7. The van der Waals surface area contributed by atoms with Crippen LogP contribution in [0.5, 0.6) is 11.5 Å². The number of hydrogen-bond donors (Lipinski definition) is 1. The largest absolute Gasteiger partial charge is 0.507 e. The minimum absolute atomic E-state index is 0.0551. The highest BCUT2D eigenvalue weighted by Crippen LogP contribution is 2.44. The van der Waals surface area contributed by atoms with E-state index >= 15 is 0 Å². The van der Waals surface area contributed by atoms with Crippen molar-refractivity contribution < 1.29 is 24.2 Å². The fourth-order valence-corrected chi connectivity index (χ4v) is 4.61. The Morgan fingerprint density at radius 2 is 1.76 bits per heavy atom. The van der Waals surface area contributed by atoms with Crippen LogP contribution in [0.15, 0.2) is 66.2 Å². The first-order valence-corrected chi connectivity index (χ1v) is 12.6. The summed E-state index contributed by atoms with van der Waals surface area (Å²) in [4.78, 5) is 28.4. The standard InChI is InChI=1S/C30H30ClNO5/c1-6-36-22-12-13-25(31)24(16-22)28(33)26-27(20-8-7-9-23(15-20)37-17(2)3)32(30(35)29(26)34)21-11-10-18(4)19(5)14-21/h7-17,27,33H,6H2,1-5H3/b28-26+. The Morgan fingerprint density at radius 1 is 1.00 bits per heavy atom. The Labute approximate surface area is 222 Å². The van der Waals surface area contributed by atoms with Crippen LogP contribution in [0.2, 0.25) is 5.02 Å². The Balaban J connectivity index is 1.96. The van der Waals surface area contributed by atoms with Gasteiger partial charge in [-0.1, -0.05) is 29.8 Å². The number of ketones is 1. The third kappa shape index (κ3) is 5.20. The zero-order valence-corrected chi connectivity index (χ0v) is 22.3. The Hall–Kier alpha value is -3.77. The molecule has 7 heteroatoms. The molecule has 0 bridgehead atoms. The van der Waals surface area contributed by atoms with Gasteiger partial charge in [0.15, 0.2) is 0 Å². The van der Waals surface area contributed by atoms with Gasteiger partial charge < -0.3 is 14.6 Å². The van der Waals surface area contributed by atoms with Crippen LogP contribution in [0, 0.1) is 13.8 Å². The number of ether oxygens (including phenoxy) is 2. The van der Waals surface area contributed by atoms with Crippen LogP contribution in [0.3, 0.4) is 0 Å². The summed E-state index contributed by atoms with van der Waals surface area (Å²) in [5.74, 6) is -0.817. The lowest BCUT2D eigenvalue weighted by atomic mass is 9.94. The van der Waals surface area contributed by atoms with E-state index < -0.39 is 17.7 Å². The van der Waals surface area contributed by atoms with Gasteiger partial charge >= 0.3 is 0 Å². The maximum atomic E-state index is 13.5. The average molecular weight is 520 g/mol. The third-order valence-electron chi connectivity index (χ3n) is 6.26. The summed E-state index contributed by atoms with van der Waals surface area (Å²) >= 11 is 6.44. The molecule has 1 saturated heterocycles. The van der Waals surface area contributed by atoms with Gasteiger partial charge in [0, 0.05) is 11.3 Å². The maximum absolute atomic E-state index is 13.5. The van der Waals surface area contributed by atoms with Gasteiger partial charge in [0.1, 0.15) is 17.3 Å². The van der Waals surface area contributed by atoms with Crippen molar-refractivity contribution in [2.75, 3.05) is 11.5 Å². The zero-order chi connectivity index (χ0) is 26.9. The van der Waals surface area contributed by atoms with Gasteiger partial charge in [-0.3, -0.25) is 14.5 Å². The molecule has 1 aliphatic rings. The molecular weight excluding hydrogens is 490 g/mol. The highest BCUT2D eigenvalue weighted by molar-refractivity contribution is 6.52. The fourth-order valence-electron chi connectivity index (χ4n) is 4.41. The van der Waals surface area contributed by atoms with Gasteiger partial charge in [0.05, 0.1) is 29.3 Å². The van der Waals surface area contributed by atoms with E-state index in [0.29, 0.717) is 29.4 Å². The predicted molar refractivity (Wildman–Crippen MR) is 146 cm³/mol. The molecule has 3 aromatic rings. The second-order valence-corrected chi connectivity index (χ2v) is 9.66. The highest BCUT2D eigenvalue weighted by Gasteiger charge is 2.47. The molecule has 1 amide bonds. The van der Waals surface area contributed by atoms with Gasteiger partial charge in [-0.2, -0.15) is 0 Å². The van der Waals surface area contributed by atoms with Crippen molar-refractivity contribution in [3.8, 4) is 11.5 Å². The number of halogens is 1. The fraction of sp³-hybridized carbons (Fsp3) is 0.267. The lowest BCUT2D eigenvalue weighted by Gasteiger charge is -2.26. The molecule has 0 spiro atoms. The van der Waals surface area contributed by atoms with Crippen LogP contribution in [0.4, 0.5) is 5.69 Å². The molecule has 1 unspecified atom stereocenters. The first-order chi connectivity index (χ1) is 17.6. The van der Waals surface area contributed by atoms with E-state index in [2.05, 4.69) is 0 Å². The molecule has 0 saturated carbocycles. The minimum atomic E-state index is -0.898. The molecule has 6 nitrogen and oxygen atoms in total. The van der Waals surface area contributed by atoms with Crippen molar-refractivity contribution in [1.29, 1.82) is 0 Å². The number of carbonyl (C=O) groups excluding carboxylic acids is 2. The van der Waals surface area contributed by atoms with Gasteiger partial charge in [0.25, 0.3) is 11.7 Å². The van der Waals surface area contributed by atoms with Crippen molar-refractivity contribution in [3.05, 3.63) is 93.5 Å². The summed E-state index contributed by atoms with van der Waals surface area (Å²) in [6.45, 7) is 10.0. The molecule has 1 heterocycles. The number of nitrogens with zero attached hydrogens (tertiary/aromatic N) is 1. The van der Waals surface area contributed by atoms with Crippen molar-refractivity contribution in [2.24, 2.45) is 0 Å². The lowest BCUT2D eigenvalue weighted by Crippen LogP contribution is -2.29. The topological polar surface area (TPSA) is 76.1 Å². The molecule has 1 fully saturated rings. The van der Waals surface area contributed by atoms with Crippen molar-refractivity contribution >= 4 is 34.7 Å². The molecule has 37 heavy (non-hydrogen) atoms. The van der Waals surface area contributed by atoms with E-state index in [9.17, 15) is 14.7 Å². The molecule has 0 aliphatic carbocycles. The number of hydrogen-bond acceptors (Lipinski definition) is 5. The van der Waals surface area contributed by atoms with Crippen molar-refractivity contribution in [3.63, 3.8) is 0 Å². The lowest BCUT2D eigenvalue weighted by molar-refractivity contribution is -0.132. The van der Waals surface area contributed by atoms with E-state index in [4.69, 9.17) is 21.1 Å². The average Bonchev–Trinajstić information content (AvgIpc) is 3.12. The van der Waals surface area contributed by atoms with Gasteiger partial charge in [-0.15, -0.1) is 0 Å².